The largest absolute Gasteiger partial charge is 0.493 e. The highest BCUT2D eigenvalue weighted by molar-refractivity contribution is 7.20. The van der Waals surface area contributed by atoms with E-state index in [4.69, 9.17) is 9.47 Å². The molecule has 1 aliphatic rings. The highest BCUT2D eigenvalue weighted by atomic mass is 32.1. The molecule has 0 spiro atoms. The number of nitrogens with zero attached hydrogens (tertiary/aromatic N) is 4. The van der Waals surface area contributed by atoms with Gasteiger partial charge < -0.3 is 19.7 Å². The predicted molar refractivity (Wildman–Crippen MR) is 114 cm³/mol. The second kappa shape index (κ2) is 8.70. The van der Waals surface area contributed by atoms with E-state index in [0.29, 0.717) is 23.1 Å². The Morgan fingerprint density at radius 3 is 2.77 bits per heavy atom. The molecule has 0 atom stereocenters. The lowest BCUT2D eigenvalue weighted by atomic mass is 10.2. The van der Waals surface area contributed by atoms with E-state index in [1.54, 1.807) is 7.11 Å². The minimum atomic E-state index is -0.459. The monoisotopic (exact) mass is 429 g/mol. The summed E-state index contributed by atoms with van der Waals surface area (Å²) in [5.41, 5.74) is 0.557. The number of methoxy groups -OCH3 is 1. The summed E-state index contributed by atoms with van der Waals surface area (Å²) in [6, 6.07) is 6.70. The number of carbonyl (C=O) groups excluding carboxylic acids is 1. The van der Waals surface area contributed by atoms with Crippen LogP contribution in [0.2, 0.25) is 0 Å². The third-order valence-electron chi connectivity index (χ3n) is 4.83. The number of hydrogen-bond acceptors (Lipinski definition) is 8. The summed E-state index contributed by atoms with van der Waals surface area (Å²) in [6.07, 6.45) is 2.22. The van der Waals surface area contributed by atoms with Crippen LogP contribution in [0.5, 0.6) is 11.5 Å². The van der Waals surface area contributed by atoms with Gasteiger partial charge in [0.1, 0.15) is 5.69 Å². The van der Waals surface area contributed by atoms with Crippen LogP contribution < -0.4 is 25.2 Å². The maximum Gasteiger partial charge on any atom is 0.274 e. The van der Waals surface area contributed by atoms with Gasteiger partial charge in [0.2, 0.25) is 10.1 Å². The highest BCUT2D eigenvalue weighted by Gasteiger charge is 2.20. The normalized spacial score (nSPS) is 13.6. The van der Waals surface area contributed by atoms with Crippen molar-refractivity contribution < 1.29 is 14.3 Å². The Labute approximate surface area is 177 Å². The van der Waals surface area contributed by atoms with E-state index in [-0.39, 0.29) is 12.2 Å². The Morgan fingerprint density at radius 1 is 1.23 bits per heavy atom. The Kier molecular flexibility index (Phi) is 5.84. The van der Waals surface area contributed by atoms with Crippen LogP contribution in [0.15, 0.2) is 29.1 Å². The summed E-state index contributed by atoms with van der Waals surface area (Å²) in [4.78, 5) is 31.4. The lowest BCUT2D eigenvalue weighted by Crippen LogP contribution is -2.27. The van der Waals surface area contributed by atoms with Gasteiger partial charge in [-0.3, -0.25) is 9.59 Å². The molecule has 1 N–H and O–H groups in total. The first kappa shape index (κ1) is 20.1. The highest BCUT2D eigenvalue weighted by Crippen LogP contribution is 2.28. The van der Waals surface area contributed by atoms with Crippen LogP contribution in [-0.4, -0.2) is 47.3 Å². The van der Waals surface area contributed by atoms with Crippen molar-refractivity contribution >= 4 is 27.3 Å². The van der Waals surface area contributed by atoms with Crippen LogP contribution in [-0.2, 0) is 6.54 Å². The topological polar surface area (TPSA) is 98.1 Å². The number of benzene rings is 1. The zero-order valence-electron chi connectivity index (χ0n) is 16.9. The van der Waals surface area contributed by atoms with Crippen molar-refractivity contribution in [1.82, 2.24) is 19.9 Å². The van der Waals surface area contributed by atoms with E-state index < -0.39 is 11.5 Å². The number of fused-ring (bicyclic) bond motifs is 1. The smallest absolute Gasteiger partial charge is 0.274 e. The molecular weight excluding hydrogens is 406 g/mol. The van der Waals surface area contributed by atoms with Gasteiger partial charge in [-0.2, -0.15) is 9.50 Å². The molecule has 1 aliphatic heterocycles. The summed E-state index contributed by atoms with van der Waals surface area (Å²) < 4.78 is 12.3. The molecule has 2 aromatic heterocycles. The minimum Gasteiger partial charge on any atom is -0.493 e. The van der Waals surface area contributed by atoms with Crippen LogP contribution in [0.25, 0.3) is 4.96 Å². The number of nitrogens with one attached hydrogen (secondary N) is 1. The number of hydrogen-bond donors (Lipinski definition) is 1. The molecule has 1 amide bonds. The quantitative estimate of drug-likeness (QED) is 0.614. The molecule has 0 saturated carbocycles. The van der Waals surface area contributed by atoms with Crippen LogP contribution in [0.3, 0.4) is 0 Å². The second-order valence-corrected chi connectivity index (χ2v) is 7.79. The van der Waals surface area contributed by atoms with Crippen molar-refractivity contribution in [2.24, 2.45) is 0 Å². The first-order valence-corrected chi connectivity index (χ1v) is 10.6. The fourth-order valence-corrected chi connectivity index (χ4v) is 4.33. The Hall–Kier alpha value is -3.14. The molecule has 1 aromatic carbocycles. The number of rotatable bonds is 7. The summed E-state index contributed by atoms with van der Waals surface area (Å²) in [6.45, 7) is 4.55. The van der Waals surface area contributed by atoms with Crippen LogP contribution in [0.1, 0.15) is 35.8 Å². The molecular formula is C20H23N5O4S. The van der Waals surface area contributed by atoms with Gasteiger partial charge in [-0.1, -0.05) is 17.4 Å². The molecule has 30 heavy (non-hydrogen) atoms. The molecule has 0 bridgehead atoms. The molecule has 0 radical (unpaired) electrons. The molecule has 3 aromatic rings. The van der Waals surface area contributed by atoms with E-state index in [1.807, 2.05) is 25.1 Å². The number of anilines is 1. The Bertz CT molecular complexity index is 1120. The number of ether oxygens (including phenoxy) is 2. The Morgan fingerprint density at radius 2 is 2.03 bits per heavy atom. The average Bonchev–Trinajstić information content (AvgIpc) is 3.42. The first-order chi connectivity index (χ1) is 14.6. The van der Waals surface area contributed by atoms with Crippen molar-refractivity contribution in [3.05, 3.63) is 45.9 Å². The van der Waals surface area contributed by atoms with Gasteiger partial charge in [0, 0.05) is 25.7 Å². The molecule has 0 unspecified atom stereocenters. The molecule has 1 saturated heterocycles. The molecule has 4 rings (SSSR count). The maximum absolute atomic E-state index is 12.8. The van der Waals surface area contributed by atoms with E-state index >= 15 is 0 Å². The number of carbonyl (C=O) groups is 1. The van der Waals surface area contributed by atoms with Crippen molar-refractivity contribution in [2.75, 3.05) is 31.7 Å². The van der Waals surface area contributed by atoms with E-state index in [0.717, 1.165) is 36.6 Å². The van der Waals surface area contributed by atoms with E-state index in [1.165, 1.54) is 21.9 Å². The van der Waals surface area contributed by atoms with Gasteiger partial charge in [-0.25, -0.2) is 0 Å². The summed E-state index contributed by atoms with van der Waals surface area (Å²) in [5.74, 6) is 0.853. The number of aromatic nitrogens is 3. The molecule has 9 nitrogen and oxygen atoms in total. The van der Waals surface area contributed by atoms with Gasteiger partial charge in [-0.15, -0.1) is 5.10 Å². The van der Waals surface area contributed by atoms with Crippen LogP contribution in [0, 0.1) is 0 Å². The van der Waals surface area contributed by atoms with Crippen molar-refractivity contribution in [1.29, 1.82) is 0 Å². The average molecular weight is 430 g/mol. The van der Waals surface area contributed by atoms with Crippen molar-refractivity contribution in [2.45, 2.75) is 26.3 Å². The molecule has 158 valence electrons. The lowest BCUT2D eigenvalue weighted by Gasteiger charge is -2.12. The van der Waals surface area contributed by atoms with Gasteiger partial charge in [0.15, 0.2) is 11.5 Å². The summed E-state index contributed by atoms with van der Waals surface area (Å²) in [5, 5.41) is 8.15. The number of amides is 1. The van der Waals surface area contributed by atoms with Crippen LogP contribution in [0.4, 0.5) is 5.13 Å². The predicted octanol–water partition coefficient (Wildman–Crippen LogP) is 2.09. The molecule has 3 heterocycles. The standard InChI is InChI=1S/C20H23N5O4S/c1-3-29-15-7-6-13(10-16(15)28-2)12-21-18(27)14-11-17(26)22-19-25(14)23-20(30-19)24-8-4-5-9-24/h6-7,10-11H,3-5,8-9,12H2,1-2H3,(H,21,27). The van der Waals surface area contributed by atoms with Crippen molar-refractivity contribution in [3.8, 4) is 11.5 Å². The lowest BCUT2D eigenvalue weighted by molar-refractivity contribution is 0.0943. The zero-order chi connectivity index (χ0) is 21.1. The second-order valence-electron chi connectivity index (χ2n) is 6.85. The van der Waals surface area contributed by atoms with Gasteiger partial charge >= 0.3 is 0 Å². The van der Waals surface area contributed by atoms with Gasteiger partial charge in [0.25, 0.3) is 11.5 Å². The van der Waals surface area contributed by atoms with Crippen molar-refractivity contribution in [3.63, 3.8) is 0 Å². The fraction of sp³-hybridized carbons (Fsp3) is 0.400. The first-order valence-electron chi connectivity index (χ1n) is 9.83. The third-order valence-corrected chi connectivity index (χ3v) is 5.80. The maximum atomic E-state index is 12.8. The van der Waals surface area contributed by atoms with Crippen LogP contribution >= 0.6 is 11.3 Å². The Balaban J connectivity index is 1.55. The minimum absolute atomic E-state index is 0.171. The van der Waals surface area contributed by atoms with Gasteiger partial charge in [0.05, 0.1) is 13.7 Å². The molecule has 0 aliphatic carbocycles. The SMILES string of the molecule is CCOc1ccc(CNC(=O)c2cc(=O)nc3sc(N4CCCC4)nn23)cc1OC. The zero-order valence-corrected chi connectivity index (χ0v) is 17.7. The summed E-state index contributed by atoms with van der Waals surface area (Å²) >= 11 is 1.32. The third kappa shape index (κ3) is 4.09. The molecule has 1 fully saturated rings. The van der Waals surface area contributed by atoms with E-state index in [2.05, 4.69) is 20.3 Å². The fourth-order valence-electron chi connectivity index (χ4n) is 3.37. The molecule has 10 heteroatoms. The van der Waals surface area contributed by atoms with E-state index in [9.17, 15) is 9.59 Å². The summed E-state index contributed by atoms with van der Waals surface area (Å²) in [7, 11) is 1.57. The van der Waals surface area contributed by atoms with Gasteiger partial charge in [-0.05, 0) is 37.5 Å².